The van der Waals surface area contributed by atoms with Gasteiger partial charge in [-0.2, -0.15) is 5.26 Å². The average molecular weight is 259 g/mol. The Hall–Kier alpha value is -1.57. The highest BCUT2D eigenvalue weighted by molar-refractivity contribution is 5.58. The Labute approximate surface area is 114 Å². The first kappa shape index (κ1) is 13.9. The van der Waals surface area contributed by atoms with Gasteiger partial charge in [-0.1, -0.05) is 13.0 Å². The van der Waals surface area contributed by atoms with Crippen LogP contribution >= 0.6 is 0 Å². The number of benzene rings is 1. The van der Waals surface area contributed by atoms with E-state index in [4.69, 9.17) is 5.26 Å². The van der Waals surface area contributed by atoms with Crippen molar-refractivity contribution in [2.75, 3.05) is 37.6 Å². The zero-order valence-corrected chi connectivity index (χ0v) is 11.6. The zero-order chi connectivity index (χ0) is 13.8. The lowest BCUT2D eigenvalue weighted by Crippen LogP contribution is -2.46. The fourth-order valence-electron chi connectivity index (χ4n) is 2.55. The van der Waals surface area contributed by atoms with Gasteiger partial charge >= 0.3 is 0 Å². The van der Waals surface area contributed by atoms with E-state index in [2.05, 4.69) is 22.8 Å². The second-order valence-electron chi connectivity index (χ2n) is 4.98. The van der Waals surface area contributed by atoms with Crippen LogP contribution in [-0.2, 0) is 0 Å². The Morgan fingerprint density at radius 1 is 1.32 bits per heavy atom. The quantitative estimate of drug-likeness (QED) is 0.898. The summed E-state index contributed by atoms with van der Waals surface area (Å²) in [6.07, 6.45) is -0.507. The molecule has 1 fully saturated rings. The fraction of sp³-hybridized carbons (Fsp3) is 0.533. The molecule has 102 valence electrons. The number of rotatable bonds is 3. The number of nitrogens with zero attached hydrogens (tertiary/aromatic N) is 3. The van der Waals surface area contributed by atoms with E-state index >= 15 is 0 Å². The first-order chi connectivity index (χ1) is 9.15. The molecule has 0 aromatic heterocycles. The predicted octanol–water partition coefficient (Wildman–Crippen LogP) is 1.75. The largest absolute Gasteiger partial charge is 0.389 e. The fourth-order valence-corrected chi connectivity index (χ4v) is 2.55. The molecular formula is C15H21N3O. The number of piperazine rings is 1. The van der Waals surface area contributed by atoms with Gasteiger partial charge in [-0.3, -0.25) is 0 Å². The van der Waals surface area contributed by atoms with Crippen molar-refractivity contribution in [2.24, 2.45) is 0 Å². The minimum atomic E-state index is -0.507. The van der Waals surface area contributed by atoms with Gasteiger partial charge in [0, 0.05) is 37.4 Å². The maximum Gasteiger partial charge on any atom is 0.0992 e. The lowest BCUT2D eigenvalue weighted by atomic mass is 10.0. The lowest BCUT2D eigenvalue weighted by molar-refractivity contribution is 0.199. The first-order valence-electron chi connectivity index (χ1n) is 6.85. The molecule has 4 heteroatoms. The minimum absolute atomic E-state index is 0.507. The Morgan fingerprint density at radius 2 is 2.00 bits per heavy atom. The standard InChI is InChI=1S/C15H21N3O/c1-3-17-6-8-18(9-7-17)15-10-13(11-16)4-5-14(15)12(2)19/h4-5,10,12,19H,3,6-9H2,1-2H3. The van der Waals surface area contributed by atoms with Crippen LogP contribution in [0.25, 0.3) is 0 Å². The number of likely N-dealkylation sites (N-methyl/N-ethyl adjacent to an activating group) is 1. The molecule has 1 N–H and O–H groups in total. The van der Waals surface area contributed by atoms with Crippen LogP contribution in [0.4, 0.5) is 5.69 Å². The highest BCUT2D eigenvalue weighted by atomic mass is 16.3. The van der Waals surface area contributed by atoms with Crippen LogP contribution in [0.2, 0.25) is 0 Å². The highest BCUT2D eigenvalue weighted by Gasteiger charge is 2.20. The molecule has 1 heterocycles. The van der Waals surface area contributed by atoms with Gasteiger partial charge in [0.15, 0.2) is 0 Å². The maximum absolute atomic E-state index is 9.88. The summed E-state index contributed by atoms with van der Waals surface area (Å²) >= 11 is 0. The summed E-state index contributed by atoms with van der Waals surface area (Å²) in [5.74, 6) is 0. The first-order valence-corrected chi connectivity index (χ1v) is 6.85. The molecule has 0 amide bonds. The molecule has 1 aromatic carbocycles. The molecule has 19 heavy (non-hydrogen) atoms. The van der Waals surface area contributed by atoms with E-state index in [0.717, 1.165) is 44.0 Å². The molecule has 2 rings (SSSR count). The van der Waals surface area contributed by atoms with E-state index in [9.17, 15) is 5.11 Å². The van der Waals surface area contributed by atoms with E-state index in [1.165, 1.54) is 0 Å². The van der Waals surface area contributed by atoms with Gasteiger partial charge in [-0.15, -0.1) is 0 Å². The van der Waals surface area contributed by atoms with Gasteiger partial charge in [-0.25, -0.2) is 0 Å². The van der Waals surface area contributed by atoms with Crippen molar-refractivity contribution in [3.8, 4) is 6.07 Å². The molecule has 1 aliphatic rings. The molecule has 4 nitrogen and oxygen atoms in total. The Balaban J connectivity index is 2.25. The molecule has 0 aliphatic carbocycles. The van der Waals surface area contributed by atoms with Crippen LogP contribution in [0.3, 0.4) is 0 Å². The Bertz CT molecular complexity index is 471. The van der Waals surface area contributed by atoms with Crippen molar-refractivity contribution in [3.05, 3.63) is 29.3 Å². The van der Waals surface area contributed by atoms with Gasteiger partial charge < -0.3 is 14.9 Å². The number of nitriles is 1. The van der Waals surface area contributed by atoms with E-state index in [0.29, 0.717) is 5.56 Å². The summed E-state index contributed by atoms with van der Waals surface area (Å²) in [7, 11) is 0. The van der Waals surface area contributed by atoms with Crippen molar-refractivity contribution in [3.63, 3.8) is 0 Å². The highest BCUT2D eigenvalue weighted by Crippen LogP contribution is 2.28. The van der Waals surface area contributed by atoms with Crippen molar-refractivity contribution in [1.29, 1.82) is 5.26 Å². The van der Waals surface area contributed by atoms with Crippen molar-refractivity contribution < 1.29 is 5.11 Å². The summed E-state index contributed by atoms with van der Waals surface area (Å²) in [5, 5.41) is 18.9. The number of hydrogen-bond acceptors (Lipinski definition) is 4. The van der Waals surface area contributed by atoms with Crippen molar-refractivity contribution in [1.82, 2.24) is 4.90 Å². The van der Waals surface area contributed by atoms with Gasteiger partial charge in [0.25, 0.3) is 0 Å². The molecule has 0 saturated carbocycles. The molecule has 1 atom stereocenters. The van der Waals surface area contributed by atoms with Crippen LogP contribution in [0.15, 0.2) is 18.2 Å². The lowest BCUT2D eigenvalue weighted by Gasteiger charge is -2.36. The molecule has 1 aromatic rings. The average Bonchev–Trinajstić information content (AvgIpc) is 2.46. The van der Waals surface area contributed by atoms with Crippen LogP contribution in [0.5, 0.6) is 0 Å². The number of anilines is 1. The van der Waals surface area contributed by atoms with Gasteiger partial charge in [0.1, 0.15) is 0 Å². The second-order valence-corrected chi connectivity index (χ2v) is 4.98. The van der Waals surface area contributed by atoms with E-state index in [1.54, 1.807) is 13.0 Å². The Kier molecular flexibility index (Phi) is 4.41. The van der Waals surface area contributed by atoms with Gasteiger partial charge in [0.05, 0.1) is 17.7 Å². The minimum Gasteiger partial charge on any atom is -0.389 e. The summed E-state index contributed by atoms with van der Waals surface area (Å²) in [6.45, 7) is 8.99. The number of aliphatic hydroxyl groups is 1. The topological polar surface area (TPSA) is 50.5 Å². The summed E-state index contributed by atoms with van der Waals surface area (Å²) < 4.78 is 0. The van der Waals surface area contributed by atoms with E-state index in [1.807, 2.05) is 12.1 Å². The molecule has 0 bridgehead atoms. The Morgan fingerprint density at radius 3 is 2.53 bits per heavy atom. The molecular weight excluding hydrogens is 238 g/mol. The summed E-state index contributed by atoms with van der Waals surface area (Å²) in [4.78, 5) is 4.68. The summed E-state index contributed by atoms with van der Waals surface area (Å²) in [5.41, 5.74) is 2.56. The second kappa shape index (κ2) is 6.05. The monoisotopic (exact) mass is 259 g/mol. The van der Waals surface area contributed by atoms with Gasteiger partial charge in [0.2, 0.25) is 0 Å². The van der Waals surface area contributed by atoms with E-state index in [-0.39, 0.29) is 0 Å². The summed E-state index contributed by atoms with van der Waals surface area (Å²) in [6, 6.07) is 7.70. The third kappa shape index (κ3) is 3.06. The van der Waals surface area contributed by atoms with Crippen molar-refractivity contribution >= 4 is 5.69 Å². The molecule has 1 saturated heterocycles. The van der Waals surface area contributed by atoms with Crippen molar-refractivity contribution in [2.45, 2.75) is 20.0 Å². The molecule has 1 unspecified atom stereocenters. The normalized spacial score (nSPS) is 18.1. The van der Waals surface area contributed by atoms with Crippen LogP contribution in [0, 0.1) is 11.3 Å². The van der Waals surface area contributed by atoms with Crippen LogP contribution in [-0.4, -0.2) is 42.7 Å². The zero-order valence-electron chi connectivity index (χ0n) is 11.6. The smallest absolute Gasteiger partial charge is 0.0992 e. The van der Waals surface area contributed by atoms with E-state index < -0.39 is 6.10 Å². The molecule has 0 radical (unpaired) electrons. The third-order valence-corrected chi connectivity index (χ3v) is 3.77. The van der Waals surface area contributed by atoms with Crippen LogP contribution < -0.4 is 4.90 Å². The van der Waals surface area contributed by atoms with Gasteiger partial charge in [-0.05, 0) is 25.6 Å². The number of hydrogen-bond donors (Lipinski definition) is 1. The third-order valence-electron chi connectivity index (χ3n) is 3.77. The molecule has 1 aliphatic heterocycles. The van der Waals surface area contributed by atoms with Crippen LogP contribution in [0.1, 0.15) is 31.1 Å². The predicted molar refractivity (Wildman–Crippen MR) is 76.1 cm³/mol. The molecule has 0 spiro atoms. The maximum atomic E-state index is 9.88. The SMILES string of the molecule is CCN1CCN(c2cc(C#N)ccc2C(C)O)CC1. The number of aliphatic hydroxyl groups excluding tert-OH is 1.